The van der Waals surface area contributed by atoms with Crippen LogP contribution in [-0.2, 0) is 25.8 Å². The Hall–Kier alpha value is -3.79. The third-order valence-electron chi connectivity index (χ3n) is 5.65. The van der Waals surface area contributed by atoms with Gasteiger partial charge in [0.1, 0.15) is 11.9 Å². The van der Waals surface area contributed by atoms with Crippen molar-refractivity contribution in [3.05, 3.63) is 78.4 Å². The molecule has 2 amide bonds. The lowest BCUT2D eigenvalue weighted by atomic mass is 10.0. The van der Waals surface area contributed by atoms with Gasteiger partial charge >= 0.3 is 6.09 Å². The van der Waals surface area contributed by atoms with Crippen molar-refractivity contribution in [3.8, 4) is 11.1 Å². The summed E-state index contributed by atoms with van der Waals surface area (Å²) in [6, 6.07) is 14.0. The quantitative estimate of drug-likeness (QED) is 0.512. The Balaban J connectivity index is 1.45. The first kappa shape index (κ1) is 24.3. The lowest BCUT2D eigenvalue weighted by Gasteiger charge is -2.15. The van der Waals surface area contributed by atoms with Crippen LogP contribution in [0.4, 0.5) is 14.9 Å². The van der Waals surface area contributed by atoms with E-state index >= 15 is 0 Å². The van der Waals surface area contributed by atoms with Crippen molar-refractivity contribution in [2.45, 2.75) is 24.3 Å². The molecule has 0 radical (unpaired) electrons. The first-order chi connectivity index (χ1) is 16.7. The molecule has 0 unspecified atom stereocenters. The van der Waals surface area contributed by atoms with Gasteiger partial charge in [-0.25, -0.2) is 17.6 Å². The number of carbonyl (C=O) groups excluding carboxylic acids is 2. The monoisotopic (exact) mass is 497 g/mol. The van der Waals surface area contributed by atoms with Crippen molar-refractivity contribution in [1.82, 2.24) is 10.3 Å². The molecule has 1 atom stereocenters. The van der Waals surface area contributed by atoms with Crippen LogP contribution < -0.4 is 10.2 Å². The Morgan fingerprint density at radius 2 is 1.86 bits per heavy atom. The summed E-state index contributed by atoms with van der Waals surface area (Å²) in [4.78, 5) is 28.6. The molecule has 1 saturated heterocycles. The summed E-state index contributed by atoms with van der Waals surface area (Å²) in [6.07, 6.45) is 2.46. The number of sulfone groups is 1. The fraction of sp³-hybridized carbons (Fsp3) is 0.240. The van der Waals surface area contributed by atoms with Crippen LogP contribution in [0.5, 0.6) is 0 Å². The number of amides is 2. The van der Waals surface area contributed by atoms with Gasteiger partial charge in [-0.15, -0.1) is 0 Å². The van der Waals surface area contributed by atoms with E-state index in [4.69, 9.17) is 4.74 Å². The topological polar surface area (TPSA) is 106 Å². The van der Waals surface area contributed by atoms with E-state index in [0.717, 1.165) is 5.56 Å². The summed E-state index contributed by atoms with van der Waals surface area (Å²) in [6.45, 7) is 1.73. The van der Waals surface area contributed by atoms with Crippen LogP contribution in [0.3, 0.4) is 0 Å². The molecule has 3 aromatic rings. The second-order valence-corrected chi connectivity index (χ2v) is 10.3. The van der Waals surface area contributed by atoms with E-state index in [1.54, 1.807) is 42.7 Å². The number of ether oxygens (including phenoxy) is 1. The Morgan fingerprint density at radius 1 is 1.14 bits per heavy atom. The van der Waals surface area contributed by atoms with Crippen LogP contribution in [-0.4, -0.2) is 50.3 Å². The predicted molar refractivity (Wildman–Crippen MR) is 128 cm³/mol. The number of hydrogen-bond donors (Lipinski definition) is 1. The van der Waals surface area contributed by atoms with Gasteiger partial charge in [0.2, 0.25) is 5.91 Å². The van der Waals surface area contributed by atoms with Crippen LogP contribution in [0.15, 0.2) is 71.9 Å². The molecular weight excluding hydrogens is 473 g/mol. The summed E-state index contributed by atoms with van der Waals surface area (Å²) < 4.78 is 45.5. The molecule has 1 N–H and O–H groups in total. The average Bonchev–Trinajstić information content (AvgIpc) is 3.23. The van der Waals surface area contributed by atoms with E-state index in [1.165, 1.54) is 36.1 Å². The highest BCUT2D eigenvalue weighted by Gasteiger charge is 2.32. The number of hydrogen-bond acceptors (Lipinski definition) is 6. The minimum Gasteiger partial charge on any atom is -0.442 e. The van der Waals surface area contributed by atoms with Gasteiger partial charge in [-0.05, 0) is 60.0 Å². The zero-order chi connectivity index (χ0) is 25.0. The predicted octanol–water partition coefficient (Wildman–Crippen LogP) is 3.37. The Morgan fingerprint density at radius 3 is 2.51 bits per heavy atom. The van der Waals surface area contributed by atoms with Crippen LogP contribution >= 0.6 is 0 Å². The van der Waals surface area contributed by atoms with E-state index in [-0.39, 0.29) is 35.2 Å². The molecule has 35 heavy (non-hydrogen) atoms. The number of rotatable bonds is 8. The van der Waals surface area contributed by atoms with Gasteiger partial charge in [0.25, 0.3) is 0 Å². The number of pyridine rings is 1. The first-order valence-electron chi connectivity index (χ1n) is 11.0. The van der Waals surface area contributed by atoms with E-state index in [0.29, 0.717) is 17.7 Å². The van der Waals surface area contributed by atoms with E-state index in [9.17, 15) is 22.4 Å². The number of benzene rings is 2. The normalized spacial score (nSPS) is 15.7. The first-order valence-corrected chi connectivity index (χ1v) is 12.6. The lowest BCUT2D eigenvalue weighted by Crippen LogP contribution is -2.33. The molecule has 10 heteroatoms. The Labute approximate surface area is 202 Å². The molecule has 8 nitrogen and oxygen atoms in total. The summed E-state index contributed by atoms with van der Waals surface area (Å²) in [5.74, 6) is -0.842. The number of halogens is 1. The number of aromatic nitrogens is 1. The number of anilines is 1. The molecule has 0 spiro atoms. The molecule has 0 saturated carbocycles. The van der Waals surface area contributed by atoms with Crippen molar-refractivity contribution in [3.63, 3.8) is 0 Å². The standard InChI is InChI=1S/C25H24FN3O5S/c1-17(30)28-15-21-16-29(25(31)34-21)20-4-7-23(24(26)14-20)19-2-5-22(6-3-19)35(32,33)13-10-18-8-11-27-12-9-18/h2-9,11-12,14,21H,10,13,15-16H2,1H3,(H,28,30)/t21-/m0/s1. The van der Waals surface area contributed by atoms with Gasteiger partial charge in [0.15, 0.2) is 9.84 Å². The van der Waals surface area contributed by atoms with Gasteiger partial charge in [-0.1, -0.05) is 12.1 Å². The van der Waals surface area contributed by atoms with Crippen molar-refractivity contribution < 1.29 is 27.1 Å². The molecule has 4 rings (SSSR count). The number of cyclic esters (lactones) is 1. The van der Waals surface area contributed by atoms with Crippen LogP contribution in [0.1, 0.15) is 12.5 Å². The van der Waals surface area contributed by atoms with Crippen LogP contribution in [0.25, 0.3) is 11.1 Å². The molecule has 0 bridgehead atoms. The molecule has 0 aliphatic carbocycles. The maximum absolute atomic E-state index is 15.0. The number of nitrogens with zero attached hydrogens (tertiary/aromatic N) is 2. The fourth-order valence-corrected chi connectivity index (χ4v) is 5.05. The van der Waals surface area contributed by atoms with Crippen LogP contribution in [0, 0.1) is 5.82 Å². The third-order valence-corrected chi connectivity index (χ3v) is 7.38. The Kier molecular flexibility index (Phi) is 7.11. The van der Waals surface area contributed by atoms with Crippen molar-refractivity contribution in [2.24, 2.45) is 0 Å². The molecular formula is C25H24FN3O5S. The maximum Gasteiger partial charge on any atom is 0.414 e. The summed E-state index contributed by atoms with van der Waals surface area (Å²) in [5, 5.41) is 2.59. The van der Waals surface area contributed by atoms with Crippen molar-refractivity contribution in [1.29, 1.82) is 0 Å². The number of carbonyl (C=O) groups is 2. The van der Waals surface area contributed by atoms with Crippen molar-refractivity contribution >= 4 is 27.5 Å². The SMILES string of the molecule is CC(=O)NC[C@H]1CN(c2ccc(-c3ccc(S(=O)(=O)CCc4ccncc4)cc3)c(F)c2)C(=O)O1. The van der Waals surface area contributed by atoms with Gasteiger partial charge in [0.05, 0.1) is 29.4 Å². The zero-order valence-electron chi connectivity index (χ0n) is 19.0. The lowest BCUT2D eigenvalue weighted by molar-refractivity contribution is -0.119. The second kappa shape index (κ2) is 10.2. The minimum absolute atomic E-state index is 0.0473. The van der Waals surface area contributed by atoms with Gasteiger partial charge in [-0.3, -0.25) is 14.7 Å². The maximum atomic E-state index is 15.0. The second-order valence-electron chi connectivity index (χ2n) is 8.17. The molecule has 1 fully saturated rings. The highest BCUT2D eigenvalue weighted by atomic mass is 32.2. The Bertz CT molecular complexity index is 1330. The smallest absolute Gasteiger partial charge is 0.414 e. The summed E-state index contributed by atoms with van der Waals surface area (Å²) in [5.41, 5.74) is 1.99. The molecule has 2 aromatic carbocycles. The number of nitrogens with one attached hydrogen (secondary N) is 1. The van der Waals surface area contributed by atoms with E-state index < -0.39 is 27.9 Å². The van der Waals surface area contributed by atoms with E-state index in [1.807, 2.05) is 0 Å². The molecule has 1 aromatic heterocycles. The van der Waals surface area contributed by atoms with Crippen molar-refractivity contribution in [2.75, 3.05) is 23.7 Å². The molecule has 1 aliphatic rings. The summed E-state index contributed by atoms with van der Waals surface area (Å²) >= 11 is 0. The fourth-order valence-electron chi connectivity index (χ4n) is 3.76. The van der Waals surface area contributed by atoms with Gasteiger partial charge in [0, 0.05) is 24.9 Å². The average molecular weight is 498 g/mol. The number of aryl methyl sites for hydroxylation is 1. The minimum atomic E-state index is -3.51. The zero-order valence-corrected chi connectivity index (χ0v) is 19.8. The highest BCUT2D eigenvalue weighted by molar-refractivity contribution is 7.91. The molecule has 182 valence electrons. The van der Waals surface area contributed by atoms with Gasteiger partial charge in [-0.2, -0.15) is 0 Å². The third kappa shape index (κ3) is 5.83. The van der Waals surface area contributed by atoms with Crippen LogP contribution in [0.2, 0.25) is 0 Å². The summed E-state index contributed by atoms with van der Waals surface area (Å²) in [7, 11) is -3.51. The largest absolute Gasteiger partial charge is 0.442 e. The van der Waals surface area contributed by atoms with E-state index in [2.05, 4.69) is 10.3 Å². The van der Waals surface area contributed by atoms with Gasteiger partial charge < -0.3 is 10.1 Å². The molecule has 2 heterocycles. The molecule has 1 aliphatic heterocycles. The highest BCUT2D eigenvalue weighted by Crippen LogP contribution is 2.30.